The molecule has 0 bridgehead atoms. The first-order valence-electron chi connectivity index (χ1n) is 6.21. The van der Waals surface area contributed by atoms with E-state index in [1.165, 1.54) is 4.31 Å². The van der Waals surface area contributed by atoms with E-state index in [-0.39, 0.29) is 11.8 Å². The van der Waals surface area contributed by atoms with Crippen molar-refractivity contribution in [3.63, 3.8) is 0 Å². The summed E-state index contributed by atoms with van der Waals surface area (Å²) in [5, 5.41) is 0.449. The molecule has 0 heterocycles. The number of sulfonamides is 1. The quantitative estimate of drug-likeness (QED) is 0.810. The predicted octanol–water partition coefficient (Wildman–Crippen LogP) is 2.45. The molecule has 0 radical (unpaired) electrons. The van der Waals surface area contributed by atoms with Crippen molar-refractivity contribution in [2.24, 2.45) is 0 Å². The summed E-state index contributed by atoms with van der Waals surface area (Å²) in [7, 11) is 0.475. The molecule has 1 unspecified atom stereocenters. The third-order valence-corrected chi connectivity index (χ3v) is 4.99. The maximum Gasteiger partial charge on any atom is 0.235 e. The van der Waals surface area contributed by atoms with Gasteiger partial charge in [-0.25, -0.2) is 8.42 Å². The van der Waals surface area contributed by atoms with E-state index in [2.05, 4.69) is 0 Å². The first-order chi connectivity index (χ1) is 8.79. The maximum atomic E-state index is 12.3. The van der Waals surface area contributed by atoms with Gasteiger partial charge in [-0.3, -0.25) is 4.31 Å². The molecule has 4 nitrogen and oxygen atoms in total. The van der Waals surface area contributed by atoms with Gasteiger partial charge in [-0.05, 0) is 40.1 Å². The second kappa shape index (κ2) is 6.59. The van der Waals surface area contributed by atoms with Gasteiger partial charge in [0.15, 0.2) is 0 Å². The normalized spacial score (nSPS) is 13.6. The molecule has 0 aromatic heterocycles. The number of nitrogens with zero attached hydrogens (tertiary/aromatic N) is 2. The van der Waals surface area contributed by atoms with Crippen LogP contribution in [0.2, 0.25) is 5.02 Å². The first kappa shape index (κ1) is 16.3. The molecule has 1 rings (SSSR count). The van der Waals surface area contributed by atoms with Gasteiger partial charge in [0.05, 0.1) is 22.5 Å². The lowest BCUT2D eigenvalue weighted by atomic mass is 10.2. The summed E-state index contributed by atoms with van der Waals surface area (Å²) in [6.07, 6.45) is 0. The van der Waals surface area contributed by atoms with Crippen molar-refractivity contribution >= 4 is 27.3 Å². The molecule has 1 aromatic carbocycles. The first-order valence-corrected chi connectivity index (χ1v) is 8.19. The number of halogens is 1. The minimum Gasteiger partial charge on any atom is -0.307 e. The number of anilines is 1. The monoisotopic (exact) mass is 304 g/mol. The van der Waals surface area contributed by atoms with Gasteiger partial charge in [-0.2, -0.15) is 0 Å². The molecule has 0 spiro atoms. The average Bonchev–Trinajstić information content (AvgIpc) is 2.31. The standard InChI is InChI=1S/C13H21ClN2O2S/c1-5-19(17,18)16(11(2)10-15(3)4)13-9-7-6-8-12(13)14/h6-9,11H,5,10H2,1-4H3. The highest BCUT2D eigenvalue weighted by Crippen LogP contribution is 2.29. The molecular formula is C13H21ClN2O2S. The number of hydrogen-bond acceptors (Lipinski definition) is 3. The van der Waals surface area contributed by atoms with Gasteiger partial charge in [0.25, 0.3) is 0 Å². The van der Waals surface area contributed by atoms with Crippen molar-refractivity contribution in [2.75, 3.05) is 30.7 Å². The minimum atomic E-state index is -3.36. The van der Waals surface area contributed by atoms with Crippen molar-refractivity contribution < 1.29 is 8.42 Å². The van der Waals surface area contributed by atoms with Crippen LogP contribution in [0.25, 0.3) is 0 Å². The Morgan fingerprint density at radius 2 is 1.84 bits per heavy atom. The molecule has 0 saturated heterocycles. The van der Waals surface area contributed by atoms with E-state index in [9.17, 15) is 8.42 Å². The summed E-state index contributed by atoms with van der Waals surface area (Å²) in [5.41, 5.74) is 0.542. The summed E-state index contributed by atoms with van der Waals surface area (Å²) in [6.45, 7) is 4.16. The fourth-order valence-corrected chi connectivity index (χ4v) is 3.66. The Morgan fingerprint density at radius 3 is 2.32 bits per heavy atom. The van der Waals surface area contributed by atoms with Crippen molar-refractivity contribution in [1.82, 2.24) is 4.90 Å². The van der Waals surface area contributed by atoms with Crippen LogP contribution in [0, 0.1) is 0 Å². The Kier molecular flexibility index (Phi) is 5.64. The van der Waals surface area contributed by atoms with E-state index < -0.39 is 10.0 Å². The van der Waals surface area contributed by atoms with Crippen LogP contribution >= 0.6 is 11.6 Å². The molecule has 0 saturated carbocycles. The van der Waals surface area contributed by atoms with Gasteiger partial charge in [0.1, 0.15) is 0 Å². The molecular weight excluding hydrogens is 284 g/mol. The van der Waals surface area contributed by atoms with E-state index in [1.54, 1.807) is 31.2 Å². The Morgan fingerprint density at radius 1 is 1.26 bits per heavy atom. The third kappa shape index (κ3) is 4.09. The minimum absolute atomic E-state index is 0.0516. The smallest absolute Gasteiger partial charge is 0.235 e. The fourth-order valence-electron chi connectivity index (χ4n) is 2.03. The molecule has 0 amide bonds. The molecule has 0 aliphatic heterocycles. The van der Waals surface area contributed by atoms with Crippen molar-refractivity contribution in [3.8, 4) is 0 Å². The molecule has 1 atom stereocenters. The summed E-state index contributed by atoms with van der Waals surface area (Å²) in [4.78, 5) is 1.96. The molecule has 0 fully saturated rings. The summed E-state index contributed by atoms with van der Waals surface area (Å²) < 4.78 is 26.1. The van der Waals surface area contributed by atoms with E-state index in [0.29, 0.717) is 17.3 Å². The molecule has 19 heavy (non-hydrogen) atoms. The number of para-hydroxylation sites is 1. The van der Waals surface area contributed by atoms with Gasteiger partial charge in [0.2, 0.25) is 10.0 Å². The van der Waals surface area contributed by atoms with Gasteiger partial charge in [-0.15, -0.1) is 0 Å². The van der Waals surface area contributed by atoms with E-state index >= 15 is 0 Å². The van der Waals surface area contributed by atoms with E-state index in [4.69, 9.17) is 11.6 Å². The van der Waals surface area contributed by atoms with Gasteiger partial charge >= 0.3 is 0 Å². The fraction of sp³-hybridized carbons (Fsp3) is 0.538. The van der Waals surface area contributed by atoms with Crippen LogP contribution in [0.3, 0.4) is 0 Å². The van der Waals surface area contributed by atoms with Crippen LogP contribution < -0.4 is 4.31 Å². The number of benzene rings is 1. The lowest BCUT2D eigenvalue weighted by Gasteiger charge is -2.32. The maximum absolute atomic E-state index is 12.3. The third-order valence-electron chi connectivity index (χ3n) is 2.78. The zero-order chi connectivity index (χ0) is 14.6. The lowest BCUT2D eigenvalue weighted by molar-refractivity contribution is 0.382. The number of likely N-dealkylation sites (N-methyl/N-ethyl adjacent to an activating group) is 1. The molecule has 108 valence electrons. The van der Waals surface area contributed by atoms with Crippen molar-refractivity contribution in [1.29, 1.82) is 0 Å². The molecule has 0 aliphatic rings. The highest BCUT2D eigenvalue weighted by atomic mass is 35.5. The van der Waals surface area contributed by atoms with Crippen molar-refractivity contribution in [3.05, 3.63) is 29.3 Å². The van der Waals surface area contributed by atoms with Crippen LogP contribution in [0.15, 0.2) is 24.3 Å². The van der Waals surface area contributed by atoms with Crippen molar-refractivity contribution in [2.45, 2.75) is 19.9 Å². The van der Waals surface area contributed by atoms with Crippen LogP contribution in [-0.4, -0.2) is 45.8 Å². The summed E-state index contributed by atoms with van der Waals surface area (Å²) in [6, 6.07) is 6.85. The number of hydrogen-bond donors (Lipinski definition) is 0. The Hall–Kier alpha value is -0.780. The molecule has 1 aromatic rings. The SMILES string of the molecule is CCS(=O)(=O)N(c1ccccc1Cl)C(C)CN(C)C. The summed E-state index contributed by atoms with van der Waals surface area (Å²) >= 11 is 6.14. The van der Waals surface area contributed by atoms with E-state index in [0.717, 1.165) is 0 Å². The molecule has 0 aliphatic carbocycles. The summed E-state index contributed by atoms with van der Waals surface area (Å²) in [5.74, 6) is 0.0516. The molecule has 6 heteroatoms. The van der Waals surface area contributed by atoms with Crippen LogP contribution in [-0.2, 0) is 10.0 Å². The van der Waals surface area contributed by atoms with Crippen LogP contribution in [0.4, 0.5) is 5.69 Å². The lowest BCUT2D eigenvalue weighted by Crippen LogP contribution is -2.44. The Balaban J connectivity index is 3.25. The van der Waals surface area contributed by atoms with Crippen LogP contribution in [0.5, 0.6) is 0 Å². The number of rotatable bonds is 6. The topological polar surface area (TPSA) is 40.6 Å². The second-order valence-electron chi connectivity index (χ2n) is 4.76. The highest BCUT2D eigenvalue weighted by molar-refractivity contribution is 7.92. The molecule has 0 N–H and O–H groups in total. The highest BCUT2D eigenvalue weighted by Gasteiger charge is 2.27. The second-order valence-corrected chi connectivity index (χ2v) is 7.30. The zero-order valence-corrected chi connectivity index (χ0v) is 13.4. The van der Waals surface area contributed by atoms with E-state index in [1.807, 2.05) is 25.9 Å². The Bertz CT molecular complexity index is 517. The largest absolute Gasteiger partial charge is 0.307 e. The van der Waals surface area contributed by atoms with Gasteiger partial charge < -0.3 is 4.90 Å². The predicted molar refractivity (Wildman–Crippen MR) is 81.4 cm³/mol. The van der Waals surface area contributed by atoms with Crippen LogP contribution in [0.1, 0.15) is 13.8 Å². The Labute approximate surface area is 121 Å². The average molecular weight is 305 g/mol. The van der Waals surface area contributed by atoms with Gasteiger partial charge in [0, 0.05) is 6.54 Å². The van der Waals surface area contributed by atoms with Gasteiger partial charge in [-0.1, -0.05) is 23.7 Å². The zero-order valence-electron chi connectivity index (χ0n) is 11.8.